The predicted octanol–water partition coefficient (Wildman–Crippen LogP) is 3.71. The number of aliphatic hydroxyl groups excluding tert-OH is 1. The highest BCUT2D eigenvalue weighted by Gasteiger charge is 2.39. The number of hydrogen-bond acceptors (Lipinski definition) is 5. The molecule has 2 N–H and O–H groups in total. The molecule has 7 heteroatoms. The number of carboxylic acid groups (broad SMARTS) is 1. The number of nitrogens with zero attached hydrogens (tertiary/aromatic N) is 1. The topological polar surface area (TPSA) is 77.8 Å². The van der Waals surface area contributed by atoms with Crippen molar-refractivity contribution in [3.8, 4) is 0 Å². The lowest BCUT2D eigenvalue weighted by molar-refractivity contribution is -0.136. The fourth-order valence-corrected chi connectivity index (χ4v) is 5.09. The van der Waals surface area contributed by atoms with Crippen LogP contribution in [0.25, 0.3) is 0 Å². The van der Waals surface area contributed by atoms with Crippen molar-refractivity contribution in [2.75, 3.05) is 5.75 Å². The van der Waals surface area contributed by atoms with Gasteiger partial charge in [-0.1, -0.05) is 84.6 Å². The van der Waals surface area contributed by atoms with Crippen LogP contribution in [0.2, 0.25) is 0 Å². The summed E-state index contributed by atoms with van der Waals surface area (Å²) in [6.45, 7) is 0. The number of aliphatic hydroxyl groups is 1. The summed E-state index contributed by atoms with van der Waals surface area (Å²) >= 11 is 6.94. The molecular weight excluding hydrogens is 430 g/mol. The van der Waals surface area contributed by atoms with Crippen LogP contribution < -0.4 is 0 Å². The lowest BCUT2D eigenvalue weighted by atomic mass is 9.91. The third kappa shape index (κ3) is 6.50. The number of aryl methyl sites for hydroxylation is 1. The molecule has 0 aliphatic carbocycles. The first-order valence-electron chi connectivity index (χ1n) is 10.1. The van der Waals surface area contributed by atoms with E-state index in [0.717, 1.165) is 17.2 Å². The van der Waals surface area contributed by atoms with Crippen LogP contribution in [0.5, 0.6) is 0 Å². The molecule has 1 saturated heterocycles. The zero-order valence-electron chi connectivity index (χ0n) is 17.0. The van der Waals surface area contributed by atoms with Crippen LogP contribution in [-0.4, -0.2) is 49.2 Å². The smallest absolute Gasteiger partial charge is 0.328 e. The Kier molecular flexibility index (Phi) is 8.40. The molecule has 0 bridgehead atoms. The van der Waals surface area contributed by atoms with E-state index in [9.17, 15) is 14.7 Å². The van der Waals surface area contributed by atoms with Crippen molar-refractivity contribution in [1.29, 1.82) is 0 Å². The standard InChI is InChI=1S/C24H25NO4S2/c26-21(13-14-22(27)28)20(12-11-17-7-3-1-4-8-17)23(29)25-19(16-31-24(25)30)15-18-9-5-2-6-10-18/h1-10,13-14,19-21,26H,11-12,15-16H2,(H,27,28)/t19-,20-,21+/m0/s1. The number of carbonyl (C=O) groups excluding carboxylic acids is 1. The van der Waals surface area contributed by atoms with Crippen molar-refractivity contribution < 1.29 is 19.8 Å². The van der Waals surface area contributed by atoms with E-state index in [0.29, 0.717) is 29.3 Å². The van der Waals surface area contributed by atoms with E-state index in [1.54, 1.807) is 4.90 Å². The summed E-state index contributed by atoms with van der Waals surface area (Å²) < 4.78 is 0.505. The first-order valence-corrected chi connectivity index (χ1v) is 11.5. The number of aliphatic carboxylic acids is 1. The molecule has 0 unspecified atom stereocenters. The lowest BCUT2D eigenvalue weighted by Gasteiger charge is -2.29. The summed E-state index contributed by atoms with van der Waals surface area (Å²) in [7, 11) is 0. The Balaban J connectivity index is 1.80. The van der Waals surface area contributed by atoms with E-state index < -0.39 is 18.0 Å². The molecule has 0 saturated carbocycles. The largest absolute Gasteiger partial charge is 0.478 e. The summed E-state index contributed by atoms with van der Waals surface area (Å²) in [5.41, 5.74) is 2.16. The molecular formula is C24H25NO4S2. The van der Waals surface area contributed by atoms with Gasteiger partial charge in [-0.15, -0.1) is 0 Å². The number of rotatable bonds is 9. The van der Waals surface area contributed by atoms with Gasteiger partial charge in [0.15, 0.2) is 0 Å². The Bertz CT molecular complexity index is 933. The Morgan fingerprint density at radius 2 is 1.71 bits per heavy atom. The maximum atomic E-state index is 13.5. The van der Waals surface area contributed by atoms with Gasteiger partial charge in [0.05, 0.1) is 18.1 Å². The second-order valence-electron chi connectivity index (χ2n) is 7.45. The van der Waals surface area contributed by atoms with E-state index >= 15 is 0 Å². The van der Waals surface area contributed by atoms with Gasteiger partial charge in [0, 0.05) is 11.8 Å². The first-order chi connectivity index (χ1) is 15.0. The third-order valence-electron chi connectivity index (χ3n) is 5.26. The Morgan fingerprint density at radius 3 is 2.32 bits per heavy atom. The number of thiocarbonyl (C=S) groups is 1. The van der Waals surface area contributed by atoms with E-state index in [-0.39, 0.29) is 11.9 Å². The summed E-state index contributed by atoms with van der Waals surface area (Å²) in [5, 5.41) is 19.6. The van der Waals surface area contributed by atoms with Crippen molar-refractivity contribution in [3.63, 3.8) is 0 Å². The summed E-state index contributed by atoms with van der Waals surface area (Å²) in [6.07, 6.45) is 2.49. The number of hydrogen-bond donors (Lipinski definition) is 2. The summed E-state index contributed by atoms with van der Waals surface area (Å²) in [6, 6.07) is 19.5. The van der Waals surface area contributed by atoms with E-state index in [1.807, 2.05) is 60.7 Å². The van der Waals surface area contributed by atoms with Gasteiger partial charge < -0.3 is 10.2 Å². The normalized spacial score (nSPS) is 18.3. The van der Waals surface area contributed by atoms with Crippen molar-refractivity contribution in [1.82, 2.24) is 4.90 Å². The Hall–Kier alpha value is -2.48. The highest BCUT2D eigenvalue weighted by Crippen LogP contribution is 2.30. The summed E-state index contributed by atoms with van der Waals surface area (Å²) in [5.74, 6) is -1.51. The molecule has 5 nitrogen and oxygen atoms in total. The molecule has 1 amide bonds. The van der Waals surface area contributed by atoms with Gasteiger partial charge in [-0.05, 0) is 36.5 Å². The van der Waals surface area contributed by atoms with Gasteiger partial charge in [0.1, 0.15) is 4.32 Å². The molecule has 0 aromatic heterocycles. The highest BCUT2D eigenvalue weighted by atomic mass is 32.2. The quantitative estimate of drug-likeness (QED) is 0.443. The van der Waals surface area contributed by atoms with Gasteiger partial charge >= 0.3 is 5.97 Å². The van der Waals surface area contributed by atoms with Crippen LogP contribution in [0.1, 0.15) is 17.5 Å². The third-order valence-corrected chi connectivity index (χ3v) is 6.81. The zero-order chi connectivity index (χ0) is 22.2. The second-order valence-corrected chi connectivity index (χ2v) is 9.10. The van der Waals surface area contributed by atoms with E-state index in [1.165, 1.54) is 17.8 Å². The number of thioether (sulfide) groups is 1. The van der Waals surface area contributed by atoms with E-state index in [2.05, 4.69) is 0 Å². The molecule has 1 aliphatic heterocycles. The SMILES string of the molecule is O=C(O)C=C[C@@H](O)[C@H](CCc1ccccc1)C(=O)N1C(=S)SC[C@@H]1Cc1ccccc1. The van der Waals surface area contributed by atoms with Gasteiger partial charge in [0.25, 0.3) is 0 Å². The predicted molar refractivity (Wildman–Crippen MR) is 127 cm³/mol. The average Bonchev–Trinajstić information content (AvgIpc) is 3.13. The van der Waals surface area contributed by atoms with Gasteiger partial charge in [0.2, 0.25) is 5.91 Å². The molecule has 1 aliphatic rings. The fourth-order valence-electron chi connectivity index (χ4n) is 3.67. The lowest BCUT2D eigenvalue weighted by Crippen LogP contribution is -2.46. The molecule has 3 atom stereocenters. The van der Waals surface area contributed by atoms with Crippen LogP contribution >= 0.6 is 24.0 Å². The molecule has 1 fully saturated rings. The fraction of sp³-hybridized carbons (Fsp3) is 0.292. The van der Waals surface area contributed by atoms with Crippen molar-refractivity contribution in [2.24, 2.45) is 5.92 Å². The Labute approximate surface area is 191 Å². The number of carboxylic acids is 1. The molecule has 0 radical (unpaired) electrons. The van der Waals surface area contributed by atoms with Gasteiger partial charge in [-0.3, -0.25) is 9.69 Å². The minimum absolute atomic E-state index is 0.0951. The zero-order valence-corrected chi connectivity index (χ0v) is 18.6. The van der Waals surface area contributed by atoms with Crippen molar-refractivity contribution in [2.45, 2.75) is 31.4 Å². The molecule has 162 valence electrons. The minimum Gasteiger partial charge on any atom is -0.478 e. The number of amides is 1. The second kappa shape index (κ2) is 11.2. The first kappa shape index (κ1) is 23.2. The van der Waals surface area contributed by atoms with Crippen LogP contribution in [-0.2, 0) is 22.4 Å². The maximum Gasteiger partial charge on any atom is 0.328 e. The number of benzene rings is 2. The van der Waals surface area contributed by atoms with E-state index in [4.69, 9.17) is 17.3 Å². The molecule has 2 aromatic rings. The van der Waals surface area contributed by atoms with Crippen LogP contribution in [0.15, 0.2) is 72.8 Å². The minimum atomic E-state index is -1.21. The van der Waals surface area contributed by atoms with Crippen LogP contribution in [0, 0.1) is 5.92 Å². The molecule has 3 rings (SSSR count). The van der Waals surface area contributed by atoms with Crippen molar-refractivity contribution >= 4 is 40.2 Å². The average molecular weight is 456 g/mol. The van der Waals surface area contributed by atoms with Gasteiger partial charge in [-0.25, -0.2) is 4.79 Å². The van der Waals surface area contributed by atoms with Crippen LogP contribution in [0.4, 0.5) is 0 Å². The molecule has 0 spiro atoms. The monoisotopic (exact) mass is 455 g/mol. The van der Waals surface area contributed by atoms with Crippen molar-refractivity contribution in [3.05, 3.63) is 83.9 Å². The molecule has 31 heavy (non-hydrogen) atoms. The molecule has 2 aromatic carbocycles. The van der Waals surface area contributed by atoms with Gasteiger partial charge in [-0.2, -0.15) is 0 Å². The summed E-state index contributed by atoms with van der Waals surface area (Å²) in [4.78, 5) is 26.1. The maximum absolute atomic E-state index is 13.5. The highest BCUT2D eigenvalue weighted by molar-refractivity contribution is 8.23. The van der Waals surface area contributed by atoms with Crippen LogP contribution in [0.3, 0.4) is 0 Å². The Morgan fingerprint density at radius 1 is 1.10 bits per heavy atom. The molecule has 1 heterocycles. The number of carbonyl (C=O) groups is 2.